The lowest BCUT2D eigenvalue weighted by Crippen LogP contribution is -2.39. The van der Waals surface area contributed by atoms with Gasteiger partial charge >= 0.3 is 0 Å². The maximum absolute atomic E-state index is 12.6. The van der Waals surface area contributed by atoms with E-state index in [1.807, 2.05) is 19.9 Å². The topological polar surface area (TPSA) is 37.4 Å². The van der Waals surface area contributed by atoms with Gasteiger partial charge < -0.3 is 0 Å². The van der Waals surface area contributed by atoms with Crippen molar-refractivity contribution in [3.8, 4) is 0 Å². The largest absolute Gasteiger partial charge is 0.244 e. The highest BCUT2D eigenvalue weighted by Gasteiger charge is 2.31. The fraction of sp³-hybridized carbons (Fsp3) is 0.692. The monoisotopic (exact) mass is 287 g/mol. The van der Waals surface area contributed by atoms with Gasteiger partial charge in [0.05, 0.1) is 4.90 Å². The van der Waals surface area contributed by atoms with Gasteiger partial charge in [-0.25, -0.2) is 8.42 Å². The smallest absolute Gasteiger partial charge is 0.207 e. The van der Waals surface area contributed by atoms with E-state index in [1.165, 1.54) is 0 Å². The molecule has 0 saturated carbocycles. The van der Waals surface area contributed by atoms with Crippen LogP contribution in [0.4, 0.5) is 0 Å². The van der Waals surface area contributed by atoms with E-state index in [1.54, 1.807) is 15.6 Å². The van der Waals surface area contributed by atoms with Crippen LogP contribution < -0.4 is 0 Å². The Bertz CT molecular complexity index is 519. The molecule has 0 amide bonds. The van der Waals surface area contributed by atoms with Gasteiger partial charge in [0.2, 0.25) is 10.0 Å². The van der Waals surface area contributed by atoms with Gasteiger partial charge in [-0.3, -0.25) is 0 Å². The Labute approximate surface area is 114 Å². The van der Waals surface area contributed by atoms with Gasteiger partial charge in [0.25, 0.3) is 0 Å². The van der Waals surface area contributed by atoms with Crippen LogP contribution in [0.15, 0.2) is 11.0 Å². The molecule has 18 heavy (non-hydrogen) atoms. The second-order valence-electron chi connectivity index (χ2n) is 5.06. The highest BCUT2D eigenvalue weighted by atomic mass is 32.2. The predicted molar refractivity (Wildman–Crippen MR) is 75.6 cm³/mol. The Balaban J connectivity index is 2.28. The van der Waals surface area contributed by atoms with Crippen LogP contribution in [0.1, 0.15) is 35.9 Å². The molecule has 1 aliphatic rings. The predicted octanol–water partition coefficient (Wildman–Crippen LogP) is 3.18. The summed E-state index contributed by atoms with van der Waals surface area (Å²) in [6.07, 6.45) is 3.21. The Morgan fingerprint density at radius 2 is 2.17 bits per heavy atom. The molecular formula is C13H21NO2S2. The number of hydrogen-bond donors (Lipinski definition) is 0. The van der Waals surface area contributed by atoms with Crippen LogP contribution in [0.3, 0.4) is 0 Å². The van der Waals surface area contributed by atoms with E-state index in [0.717, 1.165) is 29.0 Å². The quantitative estimate of drug-likeness (QED) is 0.856. The van der Waals surface area contributed by atoms with Gasteiger partial charge in [0.15, 0.2) is 0 Å². The second-order valence-corrected chi connectivity index (χ2v) is 8.42. The second kappa shape index (κ2) is 5.31. The summed E-state index contributed by atoms with van der Waals surface area (Å²) < 4.78 is 26.9. The van der Waals surface area contributed by atoms with Gasteiger partial charge in [-0.15, -0.1) is 11.3 Å². The summed E-state index contributed by atoms with van der Waals surface area (Å²) >= 11 is 1.56. The number of piperidine rings is 1. The molecule has 3 nitrogen and oxygen atoms in total. The lowest BCUT2D eigenvalue weighted by atomic mass is 9.97. The third kappa shape index (κ3) is 2.63. The minimum atomic E-state index is -3.27. The van der Waals surface area contributed by atoms with Crippen LogP contribution in [0.2, 0.25) is 0 Å². The van der Waals surface area contributed by atoms with Crippen LogP contribution in [-0.4, -0.2) is 25.8 Å². The molecule has 0 aliphatic carbocycles. The van der Waals surface area contributed by atoms with Crippen molar-refractivity contribution >= 4 is 21.4 Å². The van der Waals surface area contributed by atoms with Gasteiger partial charge in [0, 0.05) is 22.8 Å². The molecule has 0 bridgehead atoms. The van der Waals surface area contributed by atoms with Crippen LogP contribution in [-0.2, 0) is 10.0 Å². The summed E-state index contributed by atoms with van der Waals surface area (Å²) in [6.45, 7) is 7.36. The molecule has 1 aromatic rings. The highest BCUT2D eigenvalue weighted by molar-refractivity contribution is 7.89. The third-order valence-corrected chi connectivity index (χ3v) is 6.76. The lowest BCUT2D eigenvalue weighted by Gasteiger charge is -2.31. The number of aryl methyl sites for hydroxylation is 2. The summed E-state index contributed by atoms with van der Waals surface area (Å²) in [7, 11) is -3.27. The van der Waals surface area contributed by atoms with Gasteiger partial charge in [-0.05, 0) is 38.7 Å². The zero-order valence-electron chi connectivity index (χ0n) is 11.3. The molecule has 1 atom stereocenters. The Morgan fingerprint density at radius 1 is 1.44 bits per heavy atom. The van der Waals surface area contributed by atoms with Crippen molar-refractivity contribution in [1.82, 2.24) is 4.31 Å². The van der Waals surface area contributed by atoms with E-state index < -0.39 is 10.0 Å². The first-order chi connectivity index (χ1) is 8.45. The minimum Gasteiger partial charge on any atom is -0.207 e. The van der Waals surface area contributed by atoms with Crippen molar-refractivity contribution < 1.29 is 8.42 Å². The van der Waals surface area contributed by atoms with E-state index in [4.69, 9.17) is 0 Å². The maximum atomic E-state index is 12.6. The molecule has 1 saturated heterocycles. The van der Waals surface area contributed by atoms with Crippen molar-refractivity contribution in [1.29, 1.82) is 0 Å². The van der Waals surface area contributed by atoms with Crippen molar-refractivity contribution in [3.05, 3.63) is 15.8 Å². The summed E-state index contributed by atoms with van der Waals surface area (Å²) in [4.78, 5) is 2.49. The average molecular weight is 287 g/mol. The van der Waals surface area contributed by atoms with E-state index in [-0.39, 0.29) is 0 Å². The van der Waals surface area contributed by atoms with Crippen molar-refractivity contribution in [2.24, 2.45) is 5.92 Å². The molecule has 2 heterocycles. The molecule has 5 heteroatoms. The van der Waals surface area contributed by atoms with E-state index >= 15 is 0 Å². The highest BCUT2D eigenvalue weighted by Crippen LogP contribution is 2.30. The Morgan fingerprint density at radius 3 is 2.72 bits per heavy atom. The van der Waals surface area contributed by atoms with Crippen LogP contribution in [0, 0.1) is 19.8 Å². The summed E-state index contributed by atoms with van der Waals surface area (Å²) in [5, 5.41) is 0. The summed E-state index contributed by atoms with van der Waals surface area (Å²) in [5.74, 6) is 0.522. The molecule has 0 aromatic carbocycles. The zero-order valence-corrected chi connectivity index (χ0v) is 12.9. The fourth-order valence-electron chi connectivity index (χ4n) is 2.58. The number of rotatable bonds is 3. The normalized spacial score (nSPS) is 22.3. The number of hydrogen-bond acceptors (Lipinski definition) is 3. The molecule has 1 unspecified atom stereocenters. The molecular weight excluding hydrogens is 266 g/mol. The van der Waals surface area contributed by atoms with Crippen LogP contribution >= 0.6 is 11.3 Å². The molecule has 0 N–H and O–H groups in total. The Kier molecular flexibility index (Phi) is 4.14. The zero-order chi connectivity index (χ0) is 13.3. The number of thiophene rings is 1. The first-order valence-corrected chi connectivity index (χ1v) is 8.78. The molecule has 0 radical (unpaired) electrons. The molecule has 1 aromatic heterocycles. The van der Waals surface area contributed by atoms with Gasteiger partial charge in [-0.2, -0.15) is 4.31 Å². The first-order valence-electron chi connectivity index (χ1n) is 6.52. The van der Waals surface area contributed by atoms with Gasteiger partial charge in [0.1, 0.15) is 0 Å². The van der Waals surface area contributed by atoms with E-state index in [0.29, 0.717) is 23.9 Å². The molecule has 1 aliphatic heterocycles. The summed E-state index contributed by atoms with van der Waals surface area (Å²) in [6, 6.07) is 1.81. The maximum Gasteiger partial charge on any atom is 0.244 e. The molecule has 102 valence electrons. The first kappa shape index (κ1) is 14.0. The molecule has 0 spiro atoms. The van der Waals surface area contributed by atoms with Gasteiger partial charge in [-0.1, -0.05) is 13.3 Å². The minimum absolute atomic E-state index is 0.516. The molecule has 2 rings (SSSR count). The van der Waals surface area contributed by atoms with Crippen LogP contribution in [0.25, 0.3) is 0 Å². The van der Waals surface area contributed by atoms with Crippen molar-refractivity contribution in [3.63, 3.8) is 0 Å². The molecule has 1 fully saturated rings. The third-order valence-electron chi connectivity index (χ3n) is 3.67. The lowest BCUT2D eigenvalue weighted by molar-refractivity contribution is 0.261. The standard InChI is InChI=1S/C13H21NO2S2/c1-4-12-6-5-7-14(9-12)18(15,16)13-8-10(2)17-11(13)3/h8,12H,4-7,9H2,1-3H3. The van der Waals surface area contributed by atoms with Crippen molar-refractivity contribution in [2.75, 3.05) is 13.1 Å². The van der Waals surface area contributed by atoms with Crippen LogP contribution in [0.5, 0.6) is 0 Å². The average Bonchev–Trinajstić information content (AvgIpc) is 2.69. The van der Waals surface area contributed by atoms with E-state index in [9.17, 15) is 8.42 Å². The SMILES string of the molecule is CCC1CCCN(S(=O)(=O)c2cc(C)sc2C)C1. The van der Waals surface area contributed by atoms with E-state index in [2.05, 4.69) is 6.92 Å². The summed E-state index contributed by atoms with van der Waals surface area (Å²) in [5.41, 5.74) is 0. The number of nitrogens with zero attached hydrogens (tertiary/aromatic N) is 1. The van der Waals surface area contributed by atoms with Crippen molar-refractivity contribution in [2.45, 2.75) is 44.9 Å². The number of sulfonamides is 1. The fourth-order valence-corrected chi connectivity index (χ4v) is 5.66. The Hall–Kier alpha value is -0.390.